The maximum absolute atomic E-state index is 12.1. The highest BCUT2D eigenvalue weighted by Crippen LogP contribution is 2.40. The highest BCUT2D eigenvalue weighted by molar-refractivity contribution is 7.46. The molecule has 4 atom stereocenters. The molecule has 2 aliphatic rings. The van der Waals surface area contributed by atoms with E-state index in [9.17, 15) is 14.5 Å². The van der Waals surface area contributed by atoms with Gasteiger partial charge < -0.3 is 44.9 Å². The number of hydrogen-bond acceptors (Lipinski definition) is 11. The fraction of sp³-hybridized carbons (Fsp3) is 0.533. The van der Waals surface area contributed by atoms with E-state index in [1.807, 2.05) is 0 Å². The van der Waals surface area contributed by atoms with E-state index in [-0.39, 0.29) is 24.1 Å². The molecule has 31 heavy (non-hydrogen) atoms. The first-order chi connectivity index (χ1) is 14.6. The topological polar surface area (TPSA) is 212 Å². The van der Waals surface area contributed by atoms with Crippen LogP contribution < -0.4 is 21.1 Å². The summed E-state index contributed by atoms with van der Waals surface area (Å²) in [5, 5.41) is 10.4. The van der Waals surface area contributed by atoms with Gasteiger partial charge in [-0.1, -0.05) is 0 Å². The molecule has 0 spiro atoms. The number of aliphatic hydroxyl groups excluding tert-OH is 1. The molecule has 2 aromatic rings. The lowest BCUT2D eigenvalue weighted by Crippen LogP contribution is -2.46. The van der Waals surface area contributed by atoms with Gasteiger partial charge in [-0.3, -0.25) is 14.3 Å². The molecule has 0 bridgehead atoms. The van der Waals surface area contributed by atoms with Crippen LogP contribution in [0, 0.1) is 0 Å². The van der Waals surface area contributed by atoms with Crippen molar-refractivity contribution in [1.29, 1.82) is 0 Å². The van der Waals surface area contributed by atoms with E-state index < -0.39 is 44.5 Å². The summed E-state index contributed by atoms with van der Waals surface area (Å²) in [4.78, 5) is 45.9. The number of aromatic nitrogens is 4. The van der Waals surface area contributed by atoms with Crippen LogP contribution in [0.2, 0.25) is 0 Å². The van der Waals surface area contributed by atoms with Gasteiger partial charge in [0.1, 0.15) is 24.0 Å². The minimum absolute atomic E-state index is 0.0806. The van der Waals surface area contributed by atoms with Gasteiger partial charge in [-0.05, 0) is 0 Å². The van der Waals surface area contributed by atoms with Gasteiger partial charge in [0.05, 0.1) is 19.6 Å². The Balaban J connectivity index is 0.000000478. The van der Waals surface area contributed by atoms with Crippen LogP contribution in [-0.2, 0) is 18.6 Å². The summed E-state index contributed by atoms with van der Waals surface area (Å²) in [6, 6.07) is 0. The molecule has 0 saturated carbocycles. The van der Waals surface area contributed by atoms with Crippen molar-refractivity contribution < 1.29 is 33.5 Å². The van der Waals surface area contributed by atoms with Gasteiger partial charge in [0, 0.05) is 26.6 Å². The average Bonchev–Trinajstić information content (AvgIpc) is 3.40. The number of phosphoric acid groups is 1. The quantitative estimate of drug-likeness (QED) is 0.271. The average molecular weight is 461 g/mol. The maximum Gasteiger partial charge on any atom is 0.469 e. The summed E-state index contributed by atoms with van der Waals surface area (Å²) in [6.07, 6.45) is 1.07. The Morgan fingerprint density at radius 3 is 2.74 bits per heavy atom. The number of aliphatic hydroxyl groups is 1. The van der Waals surface area contributed by atoms with Crippen LogP contribution in [0.15, 0.2) is 23.5 Å². The minimum Gasteiger partial charge on any atom is -0.387 e. The van der Waals surface area contributed by atoms with Crippen molar-refractivity contribution >= 4 is 25.3 Å². The van der Waals surface area contributed by atoms with Crippen molar-refractivity contribution in [3.63, 3.8) is 0 Å². The van der Waals surface area contributed by atoms with Crippen molar-refractivity contribution in [2.24, 2.45) is 0 Å². The maximum atomic E-state index is 12.1. The predicted molar refractivity (Wildman–Crippen MR) is 107 cm³/mol. The second-order valence-electron chi connectivity index (χ2n) is 6.74. The molecule has 2 aromatic heterocycles. The number of nitrogens with two attached hydrogens (primary N) is 1. The van der Waals surface area contributed by atoms with E-state index in [4.69, 9.17) is 25.0 Å². The lowest BCUT2D eigenvalue weighted by molar-refractivity contribution is -0.0222. The molecular weight excluding hydrogens is 437 g/mol. The fourth-order valence-electron chi connectivity index (χ4n) is 3.33. The van der Waals surface area contributed by atoms with Crippen LogP contribution in [-0.4, -0.2) is 86.8 Å². The molecule has 0 aromatic carbocycles. The lowest BCUT2D eigenvalue weighted by atomic mass is 10.1. The second-order valence-corrected chi connectivity index (χ2v) is 7.97. The number of anilines is 3. The molecule has 2 aliphatic heterocycles. The van der Waals surface area contributed by atoms with Gasteiger partial charge in [-0.25, -0.2) is 9.55 Å². The standard InChI is InChI=1S/C12H20N5O8P.C3H4N2/c1-16-4-17(9-6(16)10(19)15-12(13)14-9)11-8(23-2)7(18)5(25-11)3-24-26(20,21)22;1-2-5-3-4-1/h5,7-8,11,18H,3-4H2,1-2H3,(H2,20,21,22)(H3,13,14,15,19);1-3H,(H,4,5)/t5-,7-,8-,11-;/m1./s1. The van der Waals surface area contributed by atoms with Gasteiger partial charge in [-0.15, -0.1) is 0 Å². The molecule has 1 fully saturated rings. The largest absolute Gasteiger partial charge is 0.469 e. The number of imidazole rings is 1. The molecule has 16 heteroatoms. The summed E-state index contributed by atoms with van der Waals surface area (Å²) in [7, 11) is -1.69. The summed E-state index contributed by atoms with van der Waals surface area (Å²) in [5.74, 6) is 0.174. The van der Waals surface area contributed by atoms with E-state index in [0.717, 1.165) is 0 Å². The molecular formula is C15H24N7O8P. The van der Waals surface area contributed by atoms with Crippen molar-refractivity contribution in [3.8, 4) is 0 Å². The molecule has 4 rings (SSSR count). The van der Waals surface area contributed by atoms with E-state index in [1.165, 1.54) is 7.11 Å². The fourth-order valence-corrected chi connectivity index (χ4v) is 3.67. The van der Waals surface area contributed by atoms with Gasteiger partial charge in [0.15, 0.2) is 12.0 Å². The molecule has 7 N–H and O–H groups in total. The van der Waals surface area contributed by atoms with E-state index in [1.54, 1.807) is 35.6 Å². The van der Waals surface area contributed by atoms with E-state index in [2.05, 4.69) is 24.5 Å². The van der Waals surface area contributed by atoms with Crippen molar-refractivity contribution in [2.45, 2.75) is 24.5 Å². The Kier molecular flexibility index (Phi) is 6.96. The molecule has 4 heterocycles. The summed E-state index contributed by atoms with van der Waals surface area (Å²) >= 11 is 0. The zero-order valence-electron chi connectivity index (χ0n) is 16.7. The van der Waals surface area contributed by atoms with Gasteiger partial charge in [0.25, 0.3) is 5.56 Å². The number of aromatic amines is 2. The van der Waals surface area contributed by atoms with Crippen LogP contribution in [0.4, 0.5) is 17.5 Å². The lowest BCUT2D eigenvalue weighted by Gasteiger charge is -2.29. The number of H-pyrrole nitrogens is 2. The number of nitrogens with one attached hydrogen (secondary N) is 2. The number of ether oxygens (including phenoxy) is 2. The highest BCUT2D eigenvalue weighted by atomic mass is 31.2. The van der Waals surface area contributed by atoms with Crippen LogP contribution in [0.5, 0.6) is 0 Å². The number of rotatable bonds is 5. The zero-order valence-corrected chi connectivity index (χ0v) is 17.5. The Hall–Kier alpha value is -2.52. The van der Waals surface area contributed by atoms with Crippen molar-refractivity contribution in [1.82, 2.24) is 19.9 Å². The molecule has 0 amide bonds. The zero-order chi connectivity index (χ0) is 22.8. The van der Waals surface area contributed by atoms with Crippen LogP contribution in [0.25, 0.3) is 0 Å². The molecule has 0 radical (unpaired) electrons. The van der Waals surface area contributed by atoms with E-state index in [0.29, 0.717) is 0 Å². The Bertz CT molecular complexity index is 950. The first-order valence-electron chi connectivity index (χ1n) is 8.99. The van der Waals surface area contributed by atoms with Crippen LogP contribution in [0.1, 0.15) is 0 Å². The summed E-state index contributed by atoms with van der Waals surface area (Å²) in [5.41, 5.74) is 5.47. The third kappa shape index (κ3) is 5.22. The number of nitrogens with zero attached hydrogens (tertiary/aromatic N) is 4. The monoisotopic (exact) mass is 461 g/mol. The summed E-state index contributed by atoms with van der Waals surface area (Å²) in [6.45, 7) is -0.332. The van der Waals surface area contributed by atoms with Crippen molar-refractivity contribution in [2.75, 3.05) is 43.0 Å². The highest BCUT2D eigenvalue weighted by Gasteiger charge is 2.50. The smallest absolute Gasteiger partial charge is 0.387 e. The number of phosphoric ester groups is 1. The number of nitrogen functional groups attached to an aromatic ring is 1. The molecule has 172 valence electrons. The number of methoxy groups -OCH3 is 1. The number of hydrogen-bond donors (Lipinski definition) is 6. The molecule has 1 saturated heterocycles. The third-order valence-electron chi connectivity index (χ3n) is 4.62. The Morgan fingerprint density at radius 1 is 1.45 bits per heavy atom. The van der Waals surface area contributed by atoms with Crippen molar-refractivity contribution in [3.05, 3.63) is 29.1 Å². The van der Waals surface area contributed by atoms with E-state index >= 15 is 0 Å². The minimum atomic E-state index is -4.72. The number of fused-ring (bicyclic) bond motifs is 1. The third-order valence-corrected chi connectivity index (χ3v) is 5.10. The Labute approximate surface area is 176 Å². The summed E-state index contributed by atoms with van der Waals surface area (Å²) < 4.78 is 26.3. The predicted octanol–water partition coefficient (Wildman–Crippen LogP) is -1.81. The van der Waals surface area contributed by atoms with Gasteiger partial charge in [-0.2, -0.15) is 4.98 Å². The second kappa shape index (κ2) is 9.32. The molecule has 0 aliphatic carbocycles. The van der Waals surface area contributed by atoms with Gasteiger partial charge >= 0.3 is 7.82 Å². The first-order valence-corrected chi connectivity index (χ1v) is 10.5. The van der Waals surface area contributed by atoms with Crippen LogP contribution >= 0.6 is 7.82 Å². The molecule has 15 nitrogen and oxygen atoms in total. The van der Waals surface area contributed by atoms with Crippen LogP contribution in [0.3, 0.4) is 0 Å². The van der Waals surface area contributed by atoms with Gasteiger partial charge in [0.2, 0.25) is 5.95 Å². The normalized spacial score (nSPS) is 25.3. The SMILES string of the molecule is CO[C@@H]1[C@H](O)[C@@H](COP(=O)(O)O)O[C@H]1N1CN(C)c2c1nc(N)[nH]c2=O.c1c[nH]cn1. The Morgan fingerprint density at radius 2 is 2.19 bits per heavy atom. The first kappa shape index (κ1) is 23.1. The molecule has 0 unspecified atom stereocenters.